The highest BCUT2D eigenvalue weighted by Crippen LogP contribution is 2.28. The number of nitrogen functional groups attached to an aromatic ring is 1. The Balaban J connectivity index is 2.05. The molecule has 0 radical (unpaired) electrons. The van der Waals surface area contributed by atoms with Crippen molar-refractivity contribution in [3.05, 3.63) is 59.5 Å². The molecule has 2 aromatic heterocycles. The minimum Gasteiger partial charge on any atom is -0.463 e. The molecule has 16 heteroatoms. The molecule has 0 saturated heterocycles. The lowest BCUT2D eigenvalue weighted by Gasteiger charge is -2.31. The number of esters is 4. The fourth-order valence-electron chi connectivity index (χ4n) is 3.88. The Bertz CT molecular complexity index is 1490. The number of nitrogens with two attached hydrogens (primary N) is 1. The van der Waals surface area contributed by atoms with Gasteiger partial charge in [0.1, 0.15) is 25.0 Å². The first-order chi connectivity index (χ1) is 21.0. The van der Waals surface area contributed by atoms with Gasteiger partial charge in [-0.1, -0.05) is 30.3 Å². The van der Waals surface area contributed by atoms with E-state index in [9.17, 15) is 19.2 Å². The minimum absolute atomic E-state index is 0.00155. The molecule has 0 aliphatic heterocycles. The maximum Gasteiger partial charge on any atom is 0.362 e. The predicted molar refractivity (Wildman–Crippen MR) is 153 cm³/mol. The number of nitrogens with zero attached hydrogens (tertiary/aromatic N) is 4. The zero-order valence-electron chi connectivity index (χ0n) is 24.5. The Morgan fingerprint density at radius 2 is 1.66 bits per heavy atom. The Labute approximate surface area is 257 Å². The highest BCUT2D eigenvalue weighted by Gasteiger charge is 2.52. The highest BCUT2D eigenvalue weighted by atomic mass is 35.5. The summed E-state index contributed by atoms with van der Waals surface area (Å²) >= 11 is 6.00. The van der Waals surface area contributed by atoms with Gasteiger partial charge in [-0.05, 0) is 31.0 Å². The summed E-state index contributed by atoms with van der Waals surface area (Å²) in [5, 5.41) is -0.170. The Hall–Kier alpha value is -4.76. The molecule has 1 unspecified atom stereocenters. The van der Waals surface area contributed by atoms with Gasteiger partial charge in [0.25, 0.3) is 0 Å². The molecule has 15 nitrogen and oxygen atoms in total. The minimum atomic E-state index is -2.37. The van der Waals surface area contributed by atoms with Gasteiger partial charge in [-0.25, -0.2) is 14.6 Å². The zero-order valence-corrected chi connectivity index (χ0v) is 25.2. The SMILES string of the molecule is CCOC(=O)C(Cc1ccccc1)(O/C(=C\OC(C)=O)COC(COC(C)=O)n1cnc2c(N)nc(Cl)nc21)C(=O)OCC. The van der Waals surface area contributed by atoms with E-state index in [0.717, 1.165) is 13.2 Å². The molecular weight excluding hydrogens is 602 g/mol. The van der Waals surface area contributed by atoms with Crippen LogP contribution in [0.3, 0.4) is 0 Å². The lowest BCUT2D eigenvalue weighted by Crippen LogP contribution is -2.53. The molecule has 44 heavy (non-hydrogen) atoms. The van der Waals surface area contributed by atoms with E-state index in [4.69, 9.17) is 45.8 Å². The molecule has 1 atom stereocenters. The first kappa shape index (κ1) is 33.7. The van der Waals surface area contributed by atoms with Crippen LogP contribution in [0.25, 0.3) is 11.2 Å². The van der Waals surface area contributed by atoms with Crippen molar-refractivity contribution in [3.63, 3.8) is 0 Å². The number of benzene rings is 1. The molecule has 0 fully saturated rings. The van der Waals surface area contributed by atoms with Crippen LogP contribution >= 0.6 is 11.6 Å². The number of rotatable bonds is 15. The molecule has 3 aromatic rings. The monoisotopic (exact) mass is 633 g/mol. The van der Waals surface area contributed by atoms with E-state index in [1.165, 1.54) is 17.8 Å². The number of anilines is 1. The summed E-state index contributed by atoms with van der Waals surface area (Å²) in [4.78, 5) is 62.5. The molecule has 2 N–H and O–H groups in total. The van der Waals surface area contributed by atoms with E-state index in [2.05, 4.69) is 15.0 Å². The van der Waals surface area contributed by atoms with Crippen molar-refractivity contribution in [2.45, 2.75) is 45.9 Å². The molecule has 0 saturated carbocycles. The van der Waals surface area contributed by atoms with Crippen molar-refractivity contribution in [3.8, 4) is 0 Å². The van der Waals surface area contributed by atoms with Crippen LogP contribution < -0.4 is 5.73 Å². The molecule has 3 rings (SSSR count). The topological polar surface area (TPSA) is 193 Å². The van der Waals surface area contributed by atoms with Gasteiger partial charge in [-0.3, -0.25) is 14.2 Å². The van der Waals surface area contributed by atoms with Crippen molar-refractivity contribution >= 4 is 52.5 Å². The molecule has 0 aliphatic rings. The molecule has 0 bridgehead atoms. The van der Waals surface area contributed by atoms with Crippen LogP contribution in [0.2, 0.25) is 5.28 Å². The third-order valence-electron chi connectivity index (χ3n) is 5.75. The van der Waals surface area contributed by atoms with Crippen LogP contribution in [0.1, 0.15) is 39.5 Å². The van der Waals surface area contributed by atoms with Crippen LogP contribution in [-0.4, -0.2) is 75.4 Å². The lowest BCUT2D eigenvalue weighted by atomic mass is 9.94. The van der Waals surface area contributed by atoms with E-state index in [1.807, 2.05) is 0 Å². The van der Waals surface area contributed by atoms with Gasteiger partial charge in [-0.2, -0.15) is 9.97 Å². The standard InChI is InChI=1S/C28H32ClN5O10/c1-5-39-25(37)28(26(38)40-6-2,12-19-10-8-7-9-11-19)44-20(13-41-17(3)35)14-43-21(15-42-18(4)36)34-16-31-22-23(30)32-27(29)33-24(22)34/h7-11,13,16,21H,5-6,12,14-15H2,1-4H3,(H2,30,32,33)/b20-13-. The van der Waals surface area contributed by atoms with Gasteiger partial charge in [0, 0.05) is 20.3 Å². The van der Waals surface area contributed by atoms with Crippen molar-refractivity contribution < 1.29 is 47.6 Å². The number of halogens is 1. The molecule has 2 heterocycles. The van der Waals surface area contributed by atoms with E-state index in [0.29, 0.717) is 5.56 Å². The lowest BCUT2D eigenvalue weighted by molar-refractivity contribution is -0.188. The summed E-state index contributed by atoms with van der Waals surface area (Å²) in [6.07, 6.45) is 0.757. The van der Waals surface area contributed by atoms with Gasteiger partial charge < -0.3 is 34.2 Å². The van der Waals surface area contributed by atoms with Crippen molar-refractivity contribution in [1.82, 2.24) is 19.5 Å². The number of hydrogen-bond acceptors (Lipinski definition) is 14. The Kier molecular flexibility index (Phi) is 12.0. The van der Waals surface area contributed by atoms with Gasteiger partial charge in [0.05, 0.1) is 19.5 Å². The number of hydrogen-bond donors (Lipinski definition) is 1. The maximum atomic E-state index is 13.4. The number of imidazole rings is 1. The first-order valence-electron chi connectivity index (χ1n) is 13.3. The second-order valence-corrected chi connectivity index (χ2v) is 9.33. The fourth-order valence-corrected chi connectivity index (χ4v) is 4.05. The summed E-state index contributed by atoms with van der Waals surface area (Å²) < 4.78 is 34.1. The van der Waals surface area contributed by atoms with E-state index in [-0.39, 0.29) is 54.3 Å². The zero-order chi connectivity index (χ0) is 32.3. The second-order valence-electron chi connectivity index (χ2n) is 9.00. The van der Waals surface area contributed by atoms with Gasteiger partial charge in [-0.15, -0.1) is 0 Å². The predicted octanol–water partition coefficient (Wildman–Crippen LogP) is 2.67. The summed E-state index contributed by atoms with van der Waals surface area (Å²) in [5.41, 5.74) is 4.44. The summed E-state index contributed by atoms with van der Waals surface area (Å²) in [7, 11) is 0. The van der Waals surface area contributed by atoms with Crippen LogP contribution in [0.5, 0.6) is 0 Å². The molecule has 0 aliphatic carbocycles. The van der Waals surface area contributed by atoms with Gasteiger partial charge in [0.15, 0.2) is 23.5 Å². The molecule has 1 aromatic carbocycles. The summed E-state index contributed by atoms with van der Waals surface area (Å²) in [5.74, 6) is -3.73. The smallest absolute Gasteiger partial charge is 0.362 e. The maximum absolute atomic E-state index is 13.4. The average molecular weight is 634 g/mol. The summed E-state index contributed by atoms with van der Waals surface area (Å²) in [6.45, 7) is 4.41. The van der Waals surface area contributed by atoms with Crippen molar-refractivity contribution in [1.29, 1.82) is 0 Å². The van der Waals surface area contributed by atoms with Crippen LogP contribution in [0.4, 0.5) is 5.82 Å². The fraction of sp³-hybridized carbons (Fsp3) is 0.393. The molecule has 0 spiro atoms. The molecule has 236 valence electrons. The van der Waals surface area contributed by atoms with E-state index >= 15 is 0 Å². The van der Waals surface area contributed by atoms with Crippen LogP contribution in [-0.2, 0) is 54.0 Å². The third kappa shape index (κ3) is 8.64. The number of carbonyl (C=O) groups excluding carboxylic acids is 4. The first-order valence-corrected chi connectivity index (χ1v) is 13.7. The van der Waals surface area contributed by atoms with Gasteiger partial charge in [0.2, 0.25) is 5.28 Å². The summed E-state index contributed by atoms with van der Waals surface area (Å²) in [6, 6.07) is 8.55. The van der Waals surface area contributed by atoms with Crippen molar-refractivity contribution in [2.75, 3.05) is 32.2 Å². The second kappa shape index (κ2) is 15.6. The number of carbonyl (C=O) groups is 4. The Morgan fingerprint density at radius 1 is 1.00 bits per heavy atom. The van der Waals surface area contributed by atoms with E-state index < -0.39 is 42.3 Å². The molecular formula is C28H32ClN5O10. The number of aromatic nitrogens is 4. The quantitative estimate of drug-likeness (QED) is 0.0843. The third-order valence-corrected chi connectivity index (χ3v) is 5.92. The molecule has 0 amide bonds. The number of ether oxygens (including phenoxy) is 6. The largest absolute Gasteiger partial charge is 0.463 e. The van der Waals surface area contributed by atoms with Crippen molar-refractivity contribution in [2.24, 2.45) is 0 Å². The average Bonchev–Trinajstić information content (AvgIpc) is 3.39. The number of fused-ring (bicyclic) bond motifs is 1. The Morgan fingerprint density at radius 3 is 2.25 bits per heavy atom. The normalized spacial score (nSPS) is 12.3. The van der Waals surface area contributed by atoms with Crippen LogP contribution in [0, 0.1) is 0 Å². The highest BCUT2D eigenvalue weighted by molar-refractivity contribution is 6.28. The van der Waals surface area contributed by atoms with Gasteiger partial charge >= 0.3 is 29.5 Å². The van der Waals surface area contributed by atoms with E-state index in [1.54, 1.807) is 44.2 Å². The van der Waals surface area contributed by atoms with Crippen LogP contribution in [0.15, 0.2) is 48.7 Å².